The lowest BCUT2D eigenvalue weighted by molar-refractivity contribution is -0.384. The first-order valence-electron chi connectivity index (χ1n) is 9.87. The van der Waals surface area contributed by atoms with Crippen LogP contribution in [0.5, 0.6) is 5.75 Å². The van der Waals surface area contributed by atoms with Crippen molar-refractivity contribution < 1.29 is 23.3 Å². The summed E-state index contributed by atoms with van der Waals surface area (Å²) in [6.07, 6.45) is 1.95. The highest BCUT2D eigenvalue weighted by Gasteiger charge is 2.36. The predicted octanol–water partition coefficient (Wildman–Crippen LogP) is 4.69. The lowest BCUT2D eigenvalue weighted by Crippen LogP contribution is -2.31. The molecule has 1 aliphatic rings. The van der Waals surface area contributed by atoms with Crippen molar-refractivity contribution in [2.24, 2.45) is 5.10 Å². The number of hydrazone groups is 1. The van der Waals surface area contributed by atoms with Crippen molar-refractivity contribution in [3.8, 4) is 5.75 Å². The van der Waals surface area contributed by atoms with E-state index in [0.29, 0.717) is 23.7 Å². The number of carbonyl (C=O) groups is 1. The Kier molecular flexibility index (Phi) is 4.91. The summed E-state index contributed by atoms with van der Waals surface area (Å²) in [5.74, 6) is 0.980. The van der Waals surface area contributed by atoms with Crippen LogP contribution in [0, 0.1) is 10.1 Å². The molecule has 2 aromatic carbocycles. The molecule has 0 saturated carbocycles. The van der Waals surface area contributed by atoms with Gasteiger partial charge >= 0.3 is 0 Å². The molecule has 32 heavy (non-hydrogen) atoms. The predicted molar refractivity (Wildman–Crippen MR) is 114 cm³/mol. The third kappa shape index (κ3) is 3.71. The van der Waals surface area contributed by atoms with E-state index in [2.05, 4.69) is 5.10 Å². The van der Waals surface area contributed by atoms with Crippen LogP contribution in [0.15, 0.2) is 86.9 Å². The third-order valence-corrected chi connectivity index (χ3v) is 5.14. The first-order valence-corrected chi connectivity index (χ1v) is 9.87. The van der Waals surface area contributed by atoms with Gasteiger partial charge in [-0.1, -0.05) is 24.3 Å². The molecule has 1 aliphatic heterocycles. The Labute approximate surface area is 181 Å². The van der Waals surface area contributed by atoms with E-state index in [1.54, 1.807) is 18.2 Å². The molecule has 160 valence electrons. The lowest BCUT2D eigenvalue weighted by atomic mass is 10.1. The van der Waals surface area contributed by atoms with Crippen LogP contribution in [0.25, 0.3) is 11.0 Å². The molecule has 1 unspecified atom stereocenters. The van der Waals surface area contributed by atoms with Gasteiger partial charge in [0, 0.05) is 17.9 Å². The number of fused-ring (bicyclic) bond motifs is 1. The summed E-state index contributed by atoms with van der Waals surface area (Å²) < 4.78 is 17.0. The zero-order valence-corrected chi connectivity index (χ0v) is 16.7. The van der Waals surface area contributed by atoms with Gasteiger partial charge < -0.3 is 13.6 Å². The second-order valence-electron chi connectivity index (χ2n) is 7.21. The van der Waals surface area contributed by atoms with Crippen LogP contribution in [0.4, 0.5) is 5.69 Å². The van der Waals surface area contributed by atoms with Crippen molar-refractivity contribution in [3.63, 3.8) is 0 Å². The van der Waals surface area contributed by atoms with Crippen molar-refractivity contribution in [1.82, 2.24) is 5.01 Å². The molecule has 1 amide bonds. The Morgan fingerprint density at radius 2 is 2.03 bits per heavy atom. The first kappa shape index (κ1) is 19.6. The largest absolute Gasteiger partial charge is 0.483 e. The number of hydrogen-bond acceptors (Lipinski definition) is 7. The standard InChI is InChI=1S/C23H17N3O6/c27-23(14-31-17-7-3-6-16(12-17)26(28)29)25-19(21-9-4-10-30-21)13-18(24-25)22-11-15-5-1-2-8-20(15)32-22/h1-12,19H,13-14H2. The molecule has 0 radical (unpaired) electrons. The Balaban J connectivity index is 1.39. The van der Waals surface area contributed by atoms with Crippen LogP contribution in [0.1, 0.15) is 24.0 Å². The van der Waals surface area contributed by atoms with Crippen molar-refractivity contribution in [3.05, 3.63) is 94.6 Å². The number of amides is 1. The number of furan rings is 2. The highest BCUT2D eigenvalue weighted by molar-refractivity contribution is 6.03. The maximum atomic E-state index is 13.0. The molecule has 2 aromatic heterocycles. The molecule has 0 aliphatic carbocycles. The first-order chi connectivity index (χ1) is 15.6. The van der Waals surface area contributed by atoms with Gasteiger partial charge in [-0.05, 0) is 30.3 Å². The topological polar surface area (TPSA) is 111 Å². The summed E-state index contributed by atoms with van der Waals surface area (Å²) in [6, 6.07) is 18.3. The van der Waals surface area contributed by atoms with E-state index in [9.17, 15) is 14.9 Å². The Morgan fingerprint density at radius 3 is 2.81 bits per heavy atom. The van der Waals surface area contributed by atoms with Crippen LogP contribution in [-0.4, -0.2) is 28.2 Å². The molecule has 3 heterocycles. The Morgan fingerprint density at radius 1 is 1.16 bits per heavy atom. The van der Waals surface area contributed by atoms with Gasteiger partial charge in [-0.15, -0.1) is 0 Å². The molecular weight excluding hydrogens is 414 g/mol. The smallest absolute Gasteiger partial charge is 0.281 e. The fraction of sp³-hybridized carbons (Fsp3) is 0.130. The van der Waals surface area contributed by atoms with Gasteiger partial charge in [-0.3, -0.25) is 14.9 Å². The van der Waals surface area contributed by atoms with Gasteiger partial charge in [0.2, 0.25) is 0 Å². The molecule has 0 spiro atoms. The number of nitrogens with zero attached hydrogens (tertiary/aromatic N) is 3. The van der Waals surface area contributed by atoms with E-state index in [1.165, 1.54) is 29.5 Å². The molecule has 4 aromatic rings. The summed E-state index contributed by atoms with van der Waals surface area (Å²) in [6.45, 7) is -0.338. The highest BCUT2D eigenvalue weighted by atomic mass is 16.6. The van der Waals surface area contributed by atoms with Crippen molar-refractivity contribution in [1.29, 1.82) is 0 Å². The minimum Gasteiger partial charge on any atom is -0.483 e. The number of nitro benzene ring substituents is 1. The summed E-state index contributed by atoms with van der Waals surface area (Å²) >= 11 is 0. The number of nitro groups is 1. The molecule has 5 rings (SSSR count). The minimum atomic E-state index is -0.522. The van der Waals surface area contributed by atoms with E-state index in [0.717, 1.165) is 11.0 Å². The van der Waals surface area contributed by atoms with Crippen LogP contribution in [0.2, 0.25) is 0 Å². The van der Waals surface area contributed by atoms with E-state index >= 15 is 0 Å². The van der Waals surface area contributed by atoms with E-state index in [4.69, 9.17) is 13.6 Å². The van der Waals surface area contributed by atoms with Gasteiger partial charge in [-0.25, -0.2) is 5.01 Å². The van der Waals surface area contributed by atoms with Gasteiger partial charge in [0.05, 0.1) is 17.3 Å². The SMILES string of the molecule is O=C(COc1cccc([N+](=O)[O-])c1)N1N=C(c2cc3ccccc3o2)CC1c1ccco1. The maximum absolute atomic E-state index is 13.0. The summed E-state index contributed by atoms with van der Waals surface area (Å²) in [5.41, 5.74) is 1.24. The van der Waals surface area contributed by atoms with Crippen molar-refractivity contribution in [2.75, 3.05) is 6.61 Å². The van der Waals surface area contributed by atoms with Crippen LogP contribution < -0.4 is 4.74 Å². The average molecular weight is 431 g/mol. The van der Waals surface area contributed by atoms with Crippen molar-refractivity contribution in [2.45, 2.75) is 12.5 Å². The van der Waals surface area contributed by atoms with Crippen LogP contribution in [-0.2, 0) is 4.79 Å². The third-order valence-electron chi connectivity index (χ3n) is 5.14. The second-order valence-corrected chi connectivity index (χ2v) is 7.21. The van der Waals surface area contributed by atoms with Gasteiger partial charge in [0.25, 0.3) is 11.6 Å². The summed E-state index contributed by atoms with van der Waals surface area (Å²) in [4.78, 5) is 23.4. The Hall–Kier alpha value is -4.40. The molecule has 9 heteroatoms. The van der Waals surface area contributed by atoms with E-state index in [1.807, 2.05) is 30.3 Å². The molecular formula is C23H17N3O6. The van der Waals surface area contributed by atoms with Gasteiger partial charge in [-0.2, -0.15) is 5.10 Å². The number of benzene rings is 2. The molecule has 0 N–H and O–H groups in total. The van der Waals surface area contributed by atoms with Gasteiger partial charge in [0.1, 0.15) is 28.8 Å². The number of para-hydroxylation sites is 1. The van der Waals surface area contributed by atoms with E-state index in [-0.39, 0.29) is 18.0 Å². The fourth-order valence-electron chi connectivity index (χ4n) is 3.61. The Bertz CT molecular complexity index is 1290. The van der Waals surface area contributed by atoms with Crippen LogP contribution >= 0.6 is 0 Å². The minimum absolute atomic E-state index is 0.116. The normalized spacial score (nSPS) is 15.7. The van der Waals surface area contributed by atoms with E-state index < -0.39 is 16.9 Å². The summed E-state index contributed by atoms with van der Waals surface area (Å²) in [7, 11) is 0. The summed E-state index contributed by atoms with van der Waals surface area (Å²) in [5, 5.41) is 17.7. The number of hydrogen-bond donors (Lipinski definition) is 0. The average Bonchev–Trinajstić information content (AvgIpc) is 3.56. The monoisotopic (exact) mass is 431 g/mol. The molecule has 1 atom stereocenters. The quantitative estimate of drug-likeness (QED) is 0.323. The van der Waals surface area contributed by atoms with Crippen LogP contribution in [0.3, 0.4) is 0 Å². The zero-order chi connectivity index (χ0) is 22.1. The number of ether oxygens (including phenoxy) is 1. The molecule has 0 saturated heterocycles. The second kappa shape index (κ2) is 8.03. The number of non-ortho nitro benzene ring substituents is 1. The molecule has 9 nitrogen and oxygen atoms in total. The highest BCUT2D eigenvalue weighted by Crippen LogP contribution is 2.34. The maximum Gasteiger partial charge on any atom is 0.281 e. The zero-order valence-electron chi connectivity index (χ0n) is 16.7. The fourth-order valence-corrected chi connectivity index (χ4v) is 3.61. The van der Waals surface area contributed by atoms with Crippen molar-refractivity contribution >= 4 is 28.3 Å². The molecule has 0 bridgehead atoms. The number of carbonyl (C=O) groups excluding carboxylic acids is 1. The molecule has 0 fully saturated rings. The lowest BCUT2D eigenvalue weighted by Gasteiger charge is -2.19. The number of rotatable bonds is 6. The van der Waals surface area contributed by atoms with Gasteiger partial charge in [0.15, 0.2) is 12.4 Å².